The Labute approximate surface area is 187 Å². The lowest BCUT2D eigenvalue weighted by Crippen LogP contribution is -2.23. The molecular weight excluding hydrogens is 426 g/mol. The molecule has 4 rings (SSSR count). The number of ether oxygens (including phenoxy) is 1. The zero-order chi connectivity index (χ0) is 23.5. The molecule has 0 radical (unpaired) electrons. The standard InChI is InChI=1S/C24H17N3O6/c25-24(32)27-14-7-5-13(6-8-14)23(31)33-12-20(28)26-15-9-10-18-19(11-15)22(30)17-4-2-1-3-16(17)21(18)29/h1-11H,12H2,(H,26,28)(H3,25,27,32). The van der Waals surface area contributed by atoms with Crippen molar-refractivity contribution in [1.29, 1.82) is 0 Å². The molecule has 4 N–H and O–H groups in total. The Balaban J connectivity index is 1.39. The van der Waals surface area contributed by atoms with E-state index in [0.717, 1.165) is 0 Å². The fourth-order valence-corrected chi connectivity index (χ4v) is 3.42. The van der Waals surface area contributed by atoms with Gasteiger partial charge in [-0.2, -0.15) is 0 Å². The highest BCUT2D eigenvalue weighted by Gasteiger charge is 2.29. The maximum atomic E-state index is 12.8. The average Bonchev–Trinajstić information content (AvgIpc) is 2.81. The number of amides is 3. The first-order valence-corrected chi connectivity index (χ1v) is 9.79. The molecule has 9 heteroatoms. The predicted octanol–water partition coefficient (Wildman–Crippen LogP) is 2.75. The predicted molar refractivity (Wildman–Crippen MR) is 118 cm³/mol. The highest BCUT2D eigenvalue weighted by Crippen LogP contribution is 2.29. The first-order valence-electron chi connectivity index (χ1n) is 9.79. The lowest BCUT2D eigenvalue weighted by molar-refractivity contribution is -0.119. The molecule has 3 aromatic rings. The summed E-state index contributed by atoms with van der Waals surface area (Å²) in [7, 11) is 0. The summed E-state index contributed by atoms with van der Waals surface area (Å²) in [6.45, 7) is -0.563. The summed E-state index contributed by atoms with van der Waals surface area (Å²) in [5.41, 5.74) is 6.99. The number of hydrogen-bond donors (Lipinski definition) is 3. The lowest BCUT2D eigenvalue weighted by Gasteiger charge is -2.18. The van der Waals surface area contributed by atoms with Crippen molar-refractivity contribution >= 4 is 40.8 Å². The third-order valence-electron chi connectivity index (χ3n) is 4.93. The number of nitrogens with two attached hydrogens (primary N) is 1. The number of rotatable bonds is 5. The second-order valence-electron chi connectivity index (χ2n) is 7.16. The Morgan fingerprint density at radius 1 is 0.727 bits per heavy atom. The highest BCUT2D eigenvalue weighted by molar-refractivity contribution is 6.28. The van der Waals surface area contributed by atoms with E-state index >= 15 is 0 Å². The van der Waals surface area contributed by atoms with Crippen LogP contribution in [0.1, 0.15) is 42.2 Å². The van der Waals surface area contributed by atoms with E-state index in [0.29, 0.717) is 16.8 Å². The highest BCUT2D eigenvalue weighted by atomic mass is 16.5. The Bertz CT molecular complexity index is 1310. The summed E-state index contributed by atoms with van der Waals surface area (Å²) in [5.74, 6) is -1.93. The summed E-state index contributed by atoms with van der Waals surface area (Å²) >= 11 is 0. The van der Waals surface area contributed by atoms with Gasteiger partial charge in [-0.25, -0.2) is 9.59 Å². The zero-order valence-electron chi connectivity index (χ0n) is 17.1. The van der Waals surface area contributed by atoms with Gasteiger partial charge in [0.25, 0.3) is 5.91 Å². The van der Waals surface area contributed by atoms with Gasteiger partial charge in [0.1, 0.15) is 0 Å². The van der Waals surface area contributed by atoms with Gasteiger partial charge in [0.2, 0.25) is 0 Å². The minimum absolute atomic E-state index is 0.175. The van der Waals surface area contributed by atoms with Gasteiger partial charge in [-0.3, -0.25) is 14.4 Å². The number of fused-ring (bicyclic) bond motifs is 2. The molecule has 0 saturated carbocycles. The molecule has 0 atom stereocenters. The molecule has 0 aliphatic heterocycles. The molecule has 0 saturated heterocycles. The Morgan fingerprint density at radius 2 is 1.30 bits per heavy atom. The van der Waals surface area contributed by atoms with E-state index in [4.69, 9.17) is 10.5 Å². The van der Waals surface area contributed by atoms with E-state index in [1.54, 1.807) is 24.3 Å². The lowest BCUT2D eigenvalue weighted by atomic mass is 9.84. The molecule has 1 aliphatic carbocycles. The van der Waals surface area contributed by atoms with Crippen LogP contribution in [0.3, 0.4) is 0 Å². The smallest absolute Gasteiger partial charge is 0.338 e. The van der Waals surface area contributed by atoms with Crippen molar-refractivity contribution in [1.82, 2.24) is 0 Å². The van der Waals surface area contributed by atoms with E-state index in [1.807, 2.05) is 0 Å². The van der Waals surface area contributed by atoms with Crippen molar-refractivity contribution in [2.24, 2.45) is 5.73 Å². The fraction of sp³-hybridized carbons (Fsp3) is 0.0417. The molecule has 9 nitrogen and oxygen atoms in total. The number of anilines is 2. The third kappa shape index (κ3) is 4.47. The summed E-state index contributed by atoms with van der Waals surface area (Å²) in [4.78, 5) is 60.6. The average molecular weight is 443 g/mol. The van der Waals surface area contributed by atoms with Crippen molar-refractivity contribution in [2.75, 3.05) is 17.2 Å². The van der Waals surface area contributed by atoms with Crippen LogP contribution in [-0.2, 0) is 9.53 Å². The molecule has 3 amide bonds. The van der Waals surface area contributed by atoms with Crippen LogP contribution in [0, 0.1) is 0 Å². The molecule has 0 unspecified atom stereocenters. The SMILES string of the molecule is NC(=O)Nc1ccc(C(=O)OCC(=O)Nc2ccc3c(c2)C(=O)c2ccccc2C3=O)cc1. The number of urea groups is 1. The fourth-order valence-electron chi connectivity index (χ4n) is 3.42. The van der Waals surface area contributed by atoms with Gasteiger partial charge in [-0.1, -0.05) is 24.3 Å². The van der Waals surface area contributed by atoms with E-state index in [9.17, 15) is 24.0 Å². The van der Waals surface area contributed by atoms with Crippen LogP contribution >= 0.6 is 0 Å². The van der Waals surface area contributed by atoms with E-state index in [1.165, 1.54) is 42.5 Å². The van der Waals surface area contributed by atoms with Crippen molar-refractivity contribution in [3.05, 3.63) is 94.5 Å². The zero-order valence-corrected chi connectivity index (χ0v) is 17.1. The maximum Gasteiger partial charge on any atom is 0.338 e. The van der Waals surface area contributed by atoms with Crippen LogP contribution in [0.25, 0.3) is 0 Å². The van der Waals surface area contributed by atoms with Gasteiger partial charge < -0.3 is 21.1 Å². The molecule has 164 valence electrons. The summed E-state index contributed by atoms with van der Waals surface area (Å²) in [6.07, 6.45) is 0. The number of ketones is 2. The quantitative estimate of drug-likeness (QED) is 0.405. The van der Waals surface area contributed by atoms with E-state index in [-0.39, 0.29) is 33.9 Å². The molecular formula is C24H17N3O6. The Hall–Kier alpha value is -4.79. The van der Waals surface area contributed by atoms with Crippen LogP contribution in [0.4, 0.5) is 16.2 Å². The normalized spacial score (nSPS) is 11.8. The Kier molecular flexibility index (Phi) is 5.69. The van der Waals surface area contributed by atoms with Gasteiger partial charge in [0, 0.05) is 33.6 Å². The van der Waals surface area contributed by atoms with Crippen LogP contribution in [0.15, 0.2) is 66.7 Å². The molecule has 1 aliphatic rings. The molecule has 33 heavy (non-hydrogen) atoms. The van der Waals surface area contributed by atoms with Gasteiger partial charge in [0.05, 0.1) is 5.56 Å². The van der Waals surface area contributed by atoms with Gasteiger partial charge in [-0.15, -0.1) is 0 Å². The molecule has 0 bridgehead atoms. The van der Waals surface area contributed by atoms with Crippen LogP contribution in [-0.4, -0.2) is 36.1 Å². The van der Waals surface area contributed by atoms with Crippen LogP contribution < -0.4 is 16.4 Å². The topological polar surface area (TPSA) is 145 Å². The van der Waals surface area contributed by atoms with Crippen molar-refractivity contribution in [2.45, 2.75) is 0 Å². The van der Waals surface area contributed by atoms with E-state index < -0.39 is 24.5 Å². The number of benzene rings is 3. The first-order chi connectivity index (χ1) is 15.8. The van der Waals surface area contributed by atoms with Gasteiger partial charge in [0.15, 0.2) is 18.2 Å². The Morgan fingerprint density at radius 3 is 1.94 bits per heavy atom. The van der Waals surface area contributed by atoms with Crippen molar-refractivity contribution < 1.29 is 28.7 Å². The minimum Gasteiger partial charge on any atom is -0.452 e. The summed E-state index contributed by atoms with van der Waals surface area (Å²) in [6, 6.07) is 16.0. The number of hydrogen-bond acceptors (Lipinski definition) is 6. The number of esters is 1. The molecule has 0 fully saturated rings. The van der Waals surface area contributed by atoms with Crippen molar-refractivity contribution in [3.63, 3.8) is 0 Å². The number of nitrogens with one attached hydrogen (secondary N) is 2. The first kappa shape index (κ1) is 21.4. The molecule has 0 aromatic heterocycles. The summed E-state index contributed by atoms with van der Waals surface area (Å²) in [5, 5.41) is 4.91. The molecule has 0 spiro atoms. The molecule has 3 aromatic carbocycles. The molecule has 0 heterocycles. The second kappa shape index (κ2) is 8.75. The van der Waals surface area contributed by atoms with Crippen LogP contribution in [0.5, 0.6) is 0 Å². The van der Waals surface area contributed by atoms with Gasteiger partial charge >= 0.3 is 12.0 Å². The minimum atomic E-state index is -0.737. The second-order valence-corrected chi connectivity index (χ2v) is 7.16. The number of primary amides is 1. The summed E-state index contributed by atoms with van der Waals surface area (Å²) < 4.78 is 5.00. The van der Waals surface area contributed by atoms with Crippen LogP contribution in [0.2, 0.25) is 0 Å². The maximum absolute atomic E-state index is 12.8. The van der Waals surface area contributed by atoms with E-state index in [2.05, 4.69) is 10.6 Å². The monoisotopic (exact) mass is 443 g/mol. The largest absolute Gasteiger partial charge is 0.452 e. The third-order valence-corrected chi connectivity index (χ3v) is 4.93. The van der Waals surface area contributed by atoms with Crippen molar-refractivity contribution in [3.8, 4) is 0 Å². The number of carbonyl (C=O) groups is 5. The van der Waals surface area contributed by atoms with Gasteiger partial charge in [-0.05, 0) is 42.5 Å². The number of carbonyl (C=O) groups excluding carboxylic acids is 5.